The van der Waals surface area contributed by atoms with Crippen LogP contribution in [0.5, 0.6) is 0 Å². The minimum atomic E-state index is 0.273. The minimum absolute atomic E-state index is 0.273. The zero-order valence-corrected chi connectivity index (χ0v) is 16.0. The maximum Gasteiger partial charge on any atom is 0.158 e. The van der Waals surface area contributed by atoms with Gasteiger partial charge >= 0.3 is 0 Å². The molecule has 3 aromatic rings. The van der Waals surface area contributed by atoms with Crippen molar-refractivity contribution in [3.05, 3.63) is 41.5 Å². The van der Waals surface area contributed by atoms with Gasteiger partial charge < -0.3 is 14.4 Å². The number of likely N-dealkylation sites (N-methyl/N-ethyl adjacent to an activating group) is 1. The van der Waals surface area contributed by atoms with Crippen molar-refractivity contribution in [3.8, 4) is 11.1 Å². The van der Waals surface area contributed by atoms with Crippen molar-refractivity contribution < 1.29 is 9.47 Å². The number of thiophene rings is 1. The zero-order chi connectivity index (χ0) is 17.9. The minimum Gasteiger partial charge on any atom is -0.377 e. The second kappa shape index (κ2) is 7.70. The molecule has 0 N–H and O–H groups in total. The molecular formula is C20H23N3O2S. The smallest absolute Gasteiger partial charge is 0.158 e. The molecule has 6 heteroatoms. The van der Waals surface area contributed by atoms with Crippen LogP contribution in [-0.2, 0) is 16.1 Å². The molecule has 1 aliphatic heterocycles. The standard InChI is InChI=1S/C20H23N3O2S/c1-23(11-15-9-6-10-25-15)19-18-16(14-7-4-3-5-8-14)13-26-20(18)22-17(21-19)12-24-2/h3-5,7-8,13,15H,6,9-12H2,1-2H3. The highest BCUT2D eigenvalue weighted by atomic mass is 32.1. The monoisotopic (exact) mass is 369 g/mol. The Hall–Kier alpha value is -2.02. The van der Waals surface area contributed by atoms with Gasteiger partial charge in [0.05, 0.1) is 11.5 Å². The maximum atomic E-state index is 5.82. The van der Waals surface area contributed by atoms with Gasteiger partial charge in [0.2, 0.25) is 0 Å². The highest BCUT2D eigenvalue weighted by molar-refractivity contribution is 7.17. The highest BCUT2D eigenvalue weighted by Gasteiger charge is 2.22. The third-order valence-corrected chi connectivity index (χ3v) is 5.55. The van der Waals surface area contributed by atoms with Crippen LogP contribution in [0.25, 0.3) is 21.3 Å². The van der Waals surface area contributed by atoms with E-state index in [0.717, 1.165) is 47.9 Å². The fourth-order valence-corrected chi connectivity index (χ4v) is 4.41. The Labute approximate surface area is 157 Å². The van der Waals surface area contributed by atoms with Gasteiger partial charge in [-0.15, -0.1) is 11.3 Å². The summed E-state index contributed by atoms with van der Waals surface area (Å²) in [6.07, 6.45) is 2.52. The average molecular weight is 369 g/mol. The molecule has 0 saturated carbocycles. The summed E-state index contributed by atoms with van der Waals surface area (Å²) in [5.41, 5.74) is 2.37. The Morgan fingerprint density at radius 3 is 2.85 bits per heavy atom. The predicted molar refractivity (Wildman–Crippen MR) is 106 cm³/mol. The molecule has 136 valence electrons. The fourth-order valence-electron chi connectivity index (χ4n) is 3.45. The lowest BCUT2D eigenvalue weighted by atomic mass is 10.1. The predicted octanol–water partition coefficient (Wildman–Crippen LogP) is 4.12. The SMILES string of the molecule is COCc1nc(N(C)CC2CCCO2)c2c(-c3ccccc3)csc2n1. The van der Waals surface area contributed by atoms with Crippen molar-refractivity contribution >= 4 is 27.4 Å². The van der Waals surface area contributed by atoms with E-state index in [-0.39, 0.29) is 6.10 Å². The molecule has 3 heterocycles. The van der Waals surface area contributed by atoms with E-state index in [1.54, 1.807) is 18.4 Å². The second-order valence-corrected chi connectivity index (χ2v) is 7.47. The summed E-state index contributed by atoms with van der Waals surface area (Å²) in [6, 6.07) is 10.4. The van der Waals surface area contributed by atoms with Gasteiger partial charge in [-0.25, -0.2) is 9.97 Å². The number of nitrogens with zero attached hydrogens (tertiary/aromatic N) is 3. The maximum absolute atomic E-state index is 5.82. The zero-order valence-electron chi connectivity index (χ0n) is 15.1. The summed E-state index contributed by atoms with van der Waals surface area (Å²) in [6.45, 7) is 2.11. The van der Waals surface area contributed by atoms with Crippen molar-refractivity contribution in [1.82, 2.24) is 9.97 Å². The topological polar surface area (TPSA) is 47.5 Å². The van der Waals surface area contributed by atoms with Gasteiger partial charge in [-0.3, -0.25) is 0 Å². The number of hydrogen-bond donors (Lipinski definition) is 0. The highest BCUT2D eigenvalue weighted by Crippen LogP contribution is 2.38. The van der Waals surface area contributed by atoms with Gasteiger partial charge in [-0.1, -0.05) is 30.3 Å². The first-order chi connectivity index (χ1) is 12.8. The molecule has 0 radical (unpaired) electrons. The van der Waals surface area contributed by atoms with E-state index in [1.165, 1.54) is 11.1 Å². The molecule has 0 aliphatic carbocycles. The van der Waals surface area contributed by atoms with Crippen molar-refractivity contribution in [3.63, 3.8) is 0 Å². The first-order valence-corrected chi connectivity index (χ1v) is 9.79. The largest absolute Gasteiger partial charge is 0.377 e. The van der Waals surface area contributed by atoms with Gasteiger partial charge in [0.25, 0.3) is 0 Å². The van der Waals surface area contributed by atoms with Gasteiger partial charge in [0.1, 0.15) is 17.3 Å². The van der Waals surface area contributed by atoms with Gasteiger partial charge in [0.15, 0.2) is 5.82 Å². The molecule has 1 aromatic carbocycles. The second-order valence-electron chi connectivity index (χ2n) is 6.61. The third kappa shape index (κ3) is 3.45. The number of rotatable bonds is 6. The molecule has 1 unspecified atom stereocenters. The van der Waals surface area contributed by atoms with E-state index in [0.29, 0.717) is 6.61 Å². The molecular weight excluding hydrogens is 346 g/mol. The molecule has 26 heavy (non-hydrogen) atoms. The summed E-state index contributed by atoms with van der Waals surface area (Å²) in [7, 11) is 3.76. The van der Waals surface area contributed by atoms with Crippen molar-refractivity contribution in [2.75, 3.05) is 32.2 Å². The van der Waals surface area contributed by atoms with E-state index in [1.807, 2.05) is 6.07 Å². The first kappa shape index (κ1) is 17.4. The van der Waals surface area contributed by atoms with Crippen molar-refractivity contribution in [2.24, 2.45) is 0 Å². The fraction of sp³-hybridized carbons (Fsp3) is 0.400. The number of benzene rings is 1. The van der Waals surface area contributed by atoms with Crippen molar-refractivity contribution in [2.45, 2.75) is 25.6 Å². The number of fused-ring (bicyclic) bond motifs is 1. The molecule has 1 fully saturated rings. The molecule has 0 spiro atoms. The number of hydrogen-bond acceptors (Lipinski definition) is 6. The van der Waals surface area contributed by atoms with Crippen LogP contribution in [-0.4, -0.2) is 43.4 Å². The Balaban J connectivity index is 1.80. The summed E-state index contributed by atoms with van der Waals surface area (Å²) < 4.78 is 11.1. The lowest BCUT2D eigenvalue weighted by Gasteiger charge is -2.23. The number of methoxy groups -OCH3 is 1. The number of ether oxygens (including phenoxy) is 2. The molecule has 1 saturated heterocycles. The summed E-state index contributed by atoms with van der Waals surface area (Å²) in [4.78, 5) is 12.7. The molecule has 2 aromatic heterocycles. The molecule has 4 rings (SSSR count). The molecule has 5 nitrogen and oxygen atoms in total. The van der Waals surface area contributed by atoms with Crippen LogP contribution in [0, 0.1) is 0 Å². The van der Waals surface area contributed by atoms with Crippen LogP contribution in [0.1, 0.15) is 18.7 Å². The van der Waals surface area contributed by atoms with E-state index >= 15 is 0 Å². The van der Waals surface area contributed by atoms with Crippen LogP contribution in [0.4, 0.5) is 5.82 Å². The van der Waals surface area contributed by atoms with Gasteiger partial charge in [0, 0.05) is 38.3 Å². The van der Waals surface area contributed by atoms with Crippen LogP contribution in [0.15, 0.2) is 35.7 Å². The third-order valence-electron chi connectivity index (χ3n) is 4.68. The molecule has 1 atom stereocenters. The Morgan fingerprint density at radius 2 is 2.12 bits per heavy atom. The molecule has 0 amide bonds. The Morgan fingerprint density at radius 1 is 1.27 bits per heavy atom. The van der Waals surface area contributed by atoms with Gasteiger partial charge in [-0.2, -0.15) is 0 Å². The van der Waals surface area contributed by atoms with Crippen LogP contribution < -0.4 is 4.90 Å². The quantitative estimate of drug-likeness (QED) is 0.654. The summed E-state index contributed by atoms with van der Waals surface area (Å²) in [5.74, 6) is 1.67. The van der Waals surface area contributed by atoms with E-state index in [2.05, 4.69) is 41.6 Å². The van der Waals surface area contributed by atoms with Crippen molar-refractivity contribution in [1.29, 1.82) is 0 Å². The summed E-state index contributed by atoms with van der Waals surface area (Å²) >= 11 is 1.66. The van der Waals surface area contributed by atoms with E-state index < -0.39 is 0 Å². The Bertz CT molecular complexity index is 875. The summed E-state index contributed by atoms with van der Waals surface area (Å²) in [5, 5.41) is 3.29. The van der Waals surface area contributed by atoms with Crippen LogP contribution in [0.2, 0.25) is 0 Å². The molecule has 0 bridgehead atoms. The van der Waals surface area contributed by atoms with E-state index in [4.69, 9.17) is 19.4 Å². The first-order valence-electron chi connectivity index (χ1n) is 8.91. The number of aromatic nitrogens is 2. The lowest BCUT2D eigenvalue weighted by molar-refractivity contribution is 0.116. The van der Waals surface area contributed by atoms with Crippen LogP contribution >= 0.6 is 11.3 Å². The van der Waals surface area contributed by atoms with Crippen LogP contribution in [0.3, 0.4) is 0 Å². The van der Waals surface area contributed by atoms with E-state index in [9.17, 15) is 0 Å². The van der Waals surface area contributed by atoms with Gasteiger partial charge in [-0.05, 0) is 18.4 Å². The Kier molecular flexibility index (Phi) is 5.15. The normalized spacial score (nSPS) is 17.1. The number of anilines is 1. The lowest BCUT2D eigenvalue weighted by Crippen LogP contribution is -2.29. The average Bonchev–Trinajstić information content (AvgIpc) is 3.31. The molecule has 1 aliphatic rings.